The number of hydrogen-bond donors (Lipinski definition) is 1. The fourth-order valence-corrected chi connectivity index (χ4v) is 1.61. The van der Waals surface area contributed by atoms with Gasteiger partial charge in [0, 0.05) is 12.8 Å². The van der Waals surface area contributed by atoms with Gasteiger partial charge < -0.3 is 4.74 Å². The van der Waals surface area contributed by atoms with E-state index in [1.54, 1.807) is 0 Å². The molecule has 0 spiro atoms. The van der Waals surface area contributed by atoms with Crippen LogP contribution in [-0.4, -0.2) is 17.5 Å². The minimum atomic E-state index is -0.488. The quantitative estimate of drug-likeness (QED) is 0.620. The molecule has 0 heterocycles. The van der Waals surface area contributed by atoms with Gasteiger partial charge in [-0.3, -0.25) is 14.4 Å². The number of esters is 1. The SMILES string of the molecule is CC(C)(C)OC(=O)CCCC(=O)NOCc1ccccc1. The Kier molecular flexibility index (Phi) is 6.88. The number of carbonyl (C=O) groups is 2. The van der Waals surface area contributed by atoms with E-state index in [0.29, 0.717) is 13.0 Å². The highest BCUT2D eigenvalue weighted by Crippen LogP contribution is 2.09. The molecule has 0 fully saturated rings. The van der Waals surface area contributed by atoms with Gasteiger partial charge in [0.15, 0.2) is 0 Å². The Morgan fingerprint density at radius 2 is 1.76 bits per heavy atom. The third-order valence-electron chi connectivity index (χ3n) is 2.47. The van der Waals surface area contributed by atoms with E-state index >= 15 is 0 Å². The lowest BCUT2D eigenvalue weighted by atomic mass is 10.2. The highest BCUT2D eigenvalue weighted by Gasteiger charge is 2.16. The number of nitrogens with one attached hydrogen (secondary N) is 1. The second-order valence-corrected chi connectivity index (χ2v) is 5.74. The summed E-state index contributed by atoms with van der Waals surface area (Å²) in [4.78, 5) is 28.1. The number of hydrogen-bond acceptors (Lipinski definition) is 4. The predicted molar refractivity (Wildman–Crippen MR) is 79.1 cm³/mol. The Morgan fingerprint density at radius 1 is 1.10 bits per heavy atom. The number of carbonyl (C=O) groups excluding carboxylic acids is 2. The molecule has 21 heavy (non-hydrogen) atoms. The van der Waals surface area contributed by atoms with Crippen LogP contribution in [-0.2, 0) is 25.8 Å². The summed E-state index contributed by atoms with van der Waals surface area (Å²) in [6.07, 6.45) is 0.896. The van der Waals surface area contributed by atoms with Crippen LogP contribution in [0.3, 0.4) is 0 Å². The molecule has 1 rings (SSSR count). The van der Waals surface area contributed by atoms with Gasteiger partial charge in [0.1, 0.15) is 5.60 Å². The third kappa shape index (κ3) is 8.81. The first-order valence-corrected chi connectivity index (χ1v) is 7.03. The number of hydroxylamine groups is 1. The van der Waals surface area contributed by atoms with Gasteiger partial charge >= 0.3 is 5.97 Å². The molecule has 0 saturated heterocycles. The molecule has 1 amide bonds. The zero-order valence-electron chi connectivity index (χ0n) is 12.8. The van der Waals surface area contributed by atoms with Crippen molar-refractivity contribution < 1.29 is 19.2 Å². The number of ether oxygens (including phenoxy) is 1. The Labute approximate surface area is 125 Å². The maximum absolute atomic E-state index is 11.5. The van der Waals surface area contributed by atoms with Crippen molar-refractivity contribution >= 4 is 11.9 Å². The van der Waals surface area contributed by atoms with E-state index in [9.17, 15) is 9.59 Å². The van der Waals surface area contributed by atoms with Crippen LogP contribution < -0.4 is 5.48 Å². The van der Waals surface area contributed by atoms with Crippen molar-refractivity contribution in [2.45, 2.75) is 52.2 Å². The summed E-state index contributed by atoms with van der Waals surface area (Å²) >= 11 is 0. The van der Waals surface area contributed by atoms with Crippen molar-refractivity contribution in [1.29, 1.82) is 0 Å². The minimum Gasteiger partial charge on any atom is -0.460 e. The van der Waals surface area contributed by atoms with E-state index < -0.39 is 5.60 Å². The van der Waals surface area contributed by atoms with Crippen LogP contribution in [0.1, 0.15) is 45.6 Å². The van der Waals surface area contributed by atoms with Crippen LogP contribution in [0.15, 0.2) is 30.3 Å². The molecule has 0 aliphatic rings. The second-order valence-electron chi connectivity index (χ2n) is 5.74. The van der Waals surface area contributed by atoms with Crippen molar-refractivity contribution in [2.75, 3.05) is 0 Å². The first-order chi connectivity index (χ1) is 9.87. The molecular formula is C16H23NO4. The van der Waals surface area contributed by atoms with Crippen LogP contribution in [0, 0.1) is 0 Å². The van der Waals surface area contributed by atoms with Gasteiger partial charge in [-0.15, -0.1) is 0 Å². The summed E-state index contributed by atoms with van der Waals surface area (Å²) in [7, 11) is 0. The summed E-state index contributed by atoms with van der Waals surface area (Å²) in [5, 5.41) is 0. The molecule has 1 N–H and O–H groups in total. The van der Waals surface area contributed by atoms with Crippen LogP contribution >= 0.6 is 0 Å². The van der Waals surface area contributed by atoms with E-state index in [-0.39, 0.29) is 24.7 Å². The Hall–Kier alpha value is -1.88. The minimum absolute atomic E-state index is 0.226. The molecule has 0 aromatic heterocycles. The molecule has 0 aliphatic heterocycles. The van der Waals surface area contributed by atoms with Crippen LogP contribution in [0.25, 0.3) is 0 Å². The monoisotopic (exact) mass is 293 g/mol. The molecule has 0 radical (unpaired) electrons. The van der Waals surface area contributed by atoms with Gasteiger partial charge in [-0.25, -0.2) is 5.48 Å². The van der Waals surface area contributed by atoms with Crippen molar-refractivity contribution in [2.24, 2.45) is 0 Å². The van der Waals surface area contributed by atoms with E-state index in [4.69, 9.17) is 9.57 Å². The summed E-state index contributed by atoms with van der Waals surface area (Å²) in [5.41, 5.74) is 2.85. The standard InChI is InChI=1S/C16H23NO4/c1-16(2,3)21-15(19)11-7-10-14(18)17-20-12-13-8-5-4-6-9-13/h4-6,8-9H,7,10-12H2,1-3H3,(H,17,18). The average Bonchev–Trinajstić information content (AvgIpc) is 2.38. The fraction of sp³-hybridized carbons (Fsp3) is 0.500. The molecule has 0 saturated carbocycles. The molecule has 0 aliphatic carbocycles. The first kappa shape index (κ1) is 17.2. The van der Waals surface area contributed by atoms with Gasteiger partial charge in [0.05, 0.1) is 6.61 Å². The van der Waals surface area contributed by atoms with Crippen molar-refractivity contribution in [3.8, 4) is 0 Å². The molecule has 0 bridgehead atoms. The van der Waals surface area contributed by atoms with Gasteiger partial charge in [-0.05, 0) is 32.8 Å². The third-order valence-corrected chi connectivity index (χ3v) is 2.47. The van der Waals surface area contributed by atoms with Crippen LogP contribution in [0.5, 0.6) is 0 Å². The largest absolute Gasteiger partial charge is 0.460 e. The van der Waals surface area contributed by atoms with Gasteiger partial charge in [-0.2, -0.15) is 0 Å². The predicted octanol–water partition coefficient (Wildman–Crippen LogP) is 2.75. The average molecular weight is 293 g/mol. The highest BCUT2D eigenvalue weighted by atomic mass is 16.6. The molecule has 1 aromatic carbocycles. The van der Waals surface area contributed by atoms with Gasteiger partial charge in [0.2, 0.25) is 5.91 Å². The highest BCUT2D eigenvalue weighted by molar-refractivity contribution is 5.76. The Morgan fingerprint density at radius 3 is 2.38 bits per heavy atom. The van der Waals surface area contributed by atoms with Crippen molar-refractivity contribution in [1.82, 2.24) is 5.48 Å². The van der Waals surface area contributed by atoms with Gasteiger partial charge in [-0.1, -0.05) is 30.3 Å². The van der Waals surface area contributed by atoms with Crippen LogP contribution in [0.4, 0.5) is 0 Å². The molecule has 0 atom stereocenters. The number of amides is 1. The molecule has 5 nitrogen and oxygen atoms in total. The smallest absolute Gasteiger partial charge is 0.306 e. The van der Waals surface area contributed by atoms with Crippen LogP contribution in [0.2, 0.25) is 0 Å². The summed E-state index contributed by atoms with van der Waals surface area (Å²) in [6.45, 7) is 5.76. The zero-order chi connectivity index (χ0) is 15.7. The zero-order valence-corrected chi connectivity index (χ0v) is 12.8. The van der Waals surface area contributed by atoms with Gasteiger partial charge in [0.25, 0.3) is 0 Å². The molecular weight excluding hydrogens is 270 g/mol. The van der Waals surface area contributed by atoms with E-state index in [2.05, 4.69) is 5.48 Å². The Balaban J connectivity index is 2.10. The molecule has 1 aromatic rings. The molecule has 116 valence electrons. The van der Waals surface area contributed by atoms with Crippen molar-refractivity contribution in [3.63, 3.8) is 0 Å². The summed E-state index contributed by atoms with van der Waals surface area (Å²) in [6, 6.07) is 9.55. The topological polar surface area (TPSA) is 64.6 Å². The Bertz CT molecular complexity index is 451. The number of rotatable bonds is 7. The lowest BCUT2D eigenvalue weighted by molar-refractivity contribution is -0.155. The van der Waals surface area contributed by atoms with E-state index in [0.717, 1.165) is 5.56 Å². The van der Waals surface area contributed by atoms with E-state index in [1.165, 1.54) is 0 Å². The maximum Gasteiger partial charge on any atom is 0.306 e. The molecule has 5 heteroatoms. The molecule has 0 unspecified atom stereocenters. The van der Waals surface area contributed by atoms with E-state index in [1.807, 2.05) is 51.1 Å². The number of benzene rings is 1. The second kappa shape index (κ2) is 8.42. The normalized spacial score (nSPS) is 11.0. The first-order valence-electron chi connectivity index (χ1n) is 7.03. The summed E-state index contributed by atoms with van der Waals surface area (Å²) in [5.74, 6) is -0.532. The lowest BCUT2D eigenvalue weighted by Crippen LogP contribution is -2.25. The summed E-state index contributed by atoms with van der Waals surface area (Å²) < 4.78 is 5.16. The van der Waals surface area contributed by atoms with Crippen molar-refractivity contribution in [3.05, 3.63) is 35.9 Å². The maximum atomic E-state index is 11.5. The fourth-order valence-electron chi connectivity index (χ4n) is 1.61. The lowest BCUT2D eigenvalue weighted by Gasteiger charge is -2.19.